The van der Waals surface area contributed by atoms with Crippen LogP contribution in [-0.4, -0.2) is 25.2 Å². The molecule has 16 heavy (non-hydrogen) atoms. The number of anilines is 1. The lowest BCUT2D eigenvalue weighted by atomic mass is 10.2. The summed E-state index contributed by atoms with van der Waals surface area (Å²) < 4.78 is 0. The van der Waals surface area contributed by atoms with Gasteiger partial charge >= 0.3 is 0 Å². The van der Waals surface area contributed by atoms with E-state index in [4.69, 9.17) is 11.6 Å². The third-order valence-electron chi connectivity index (χ3n) is 3.41. The van der Waals surface area contributed by atoms with Crippen molar-refractivity contribution in [2.24, 2.45) is 0 Å². The van der Waals surface area contributed by atoms with Gasteiger partial charge in [-0.2, -0.15) is 0 Å². The number of hydrogen-bond acceptors (Lipinski definition) is 2. The Bertz CT molecular complexity index is 341. The van der Waals surface area contributed by atoms with Crippen molar-refractivity contribution in [3.05, 3.63) is 29.3 Å². The average Bonchev–Trinajstić information content (AvgIpc) is 2.59. The first kappa shape index (κ1) is 12.0. The van der Waals surface area contributed by atoms with Gasteiger partial charge in [-0.15, -0.1) is 12.4 Å². The molecule has 1 aromatic rings. The summed E-state index contributed by atoms with van der Waals surface area (Å²) in [5.74, 6) is 0. The Balaban J connectivity index is 0.000000963. The van der Waals surface area contributed by atoms with Crippen molar-refractivity contribution < 1.29 is 0 Å². The summed E-state index contributed by atoms with van der Waals surface area (Å²) in [5, 5.41) is 4.45. The summed E-state index contributed by atoms with van der Waals surface area (Å²) in [7, 11) is 0. The van der Waals surface area contributed by atoms with Crippen LogP contribution in [0.25, 0.3) is 0 Å². The zero-order valence-corrected chi connectivity index (χ0v) is 10.6. The van der Waals surface area contributed by atoms with Gasteiger partial charge in [-0.25, -0.2) is 0 Å². The van der Waals surface area contributed by atoms with Crippen molar-refractivity contribution in [2.75, 3.05) is 18.0 Å². The number of piperazine rings is 1. The van der Waals surface area contributed by atoms with Crippen LogP contribution >= 0.6 is 24.0 Å². The van der Waals surface area contributed by atoms with Gasteiger partial charge in [0.25, 0.3) is 0 Å². The Morgan fingerprint density at radius 3 is 2.19 bits per heavy atom. The van der Waals surface area contributed by atoms with Crippen molar-refractivity contribution in [3.8, 4) is 0 Å². The fourth-order valence-electron chi connectivity index (χ4n) is 2.66. The monoisotopic (exact) mass is 258 g/mol. The third-order valence-corrected chi connectivity index (χ3v) is 3.66. The molecule has 2 aliphatic rings. The summed E-state index contributed by atoms with van der Waals surface area (Å²) in [4.78, 5) is 2.47. The highest BCUT2D eigenvalue weighted by Crippen LogP contribution is 2.25. The van der Waals surface area contributed by atoms with Crippen molar-refractivity contribution in [2.45, 2.75) is 24.9 Å². The Labute approximate surface area is 107 Å². The van der Waals surface area contributed by atoms with E-state index in [0.717, 1.165) is 18.1 Å². The van der Waals surface area contributed by atoms with E-state index < -0.39 is 0 Å². The molecule has 2 atom stereocenters. The Morgan fingerprint density at radius 2 is 1.62 bits per heavy atom. The Hall–Kier alpha value is -0.440. The smallest absolute Gasteiger partial charge is 0.0407 e. The summed E-state index contributed by atoms with van der Waals surface area (Å²) in [6.45, 7) is 2.27. The van der Waals surface area contributed by atoms with Crippen LogP contribution in [0.15, 0.2) is 24.3 Å². The van der Waals surface area contributed by atoms with Gasteiger partial charge in [0, 0.05) is 35.9 Å². The van der Waals surface area contributed by atoms with Gasteiger partial charge in [-0.1, -0.05) is 11.6 Å². The standard InChI is InChI=1S/C12H15ClN2.ClH/c13-9-1-5-12(6-2-9)15-7-10-3-4-11(8-15)14-10;/h1-2,5-6,10-11,14H,3-4,7-8H2;1H. The number of nitrogens with zero attached hydrogens (tertiary/aromatic N) is 1. The predicted octanol–water partition coefficient (Wildman–Crippen LogP) is 2.70. The Kier molecular flexibility index (Phi) is 3.63. The van der Waals surface area contributed by atoms with E-state index in [1.165, 1.54) is 18.5 Å². The van der Waals surface area contributed by atoms with E-state index in [2.05, 4.69) is 22.3 Å². The molecular weight excluding hydrogens is 243 g/mol. The lowest BCUT2D eigenvalue weighted by Gasteiger charge is -2.34. The van der Waals surface area contributed by atoms with Crippen molar-refractivity contribution >= 4 is 29.7 Å². The van der Waals surface area contributed by atoms with Crippen LogP contribution in [-0.2, 0) is 0 Å². The highest BCUT2D eigenvalue weighted by molar-refractivity contribution is 6.30. The molecule has 2 fully saturated rings. The zero-order chi connectivity index (χ0) is 10.3. The van der Waals surface area contributed by atoms with Gasteiger partial charge in [0.1, 0.15) is 0 Å². The number of nitrogens with one attached hydrogen (secondary N) is 1. The number of fused-ring (bicyclic) bond motifs is 2. The molecule has 1 aromatic carbocycles. The van der Waals surface area contributed by atoms with Crippen molar-refractivity contribution in [1.82, 2.24) is 5.32 Å². The number of halogens is 2. The molecule has 2 unspecified atom stereocenters. The molecule has 3 rings (SSSR count). The lowest BCUT2D eigenvalue weighted by Crippen LogP contribution is -2.51. The van der Waals surface area contributed by atoms with Gasteiger partial charge in [-0.05, 0) is 37.1 Å². The van der Waals surface area contributed by atoms with E-state index in [9.17, 15) is 0 Å². The van der Waals surface area contributed by atoms with Gasteiger partial charge < -0.3 is 10.2 Å². The molecule has 2 aliphatic heterocycles. The second kappa shape index (κ2) is 4.82. The number of hydrogen-bond donors (Lipinski definition) is 1. The molecule has 2 nitrogen and oxygen atoms in total. The molecule has 0 aliphatic carbocycles. The average molecular weight is 259 g/mol. The first-order valence-corrected chi connectivity index (χ1v) is 5.95. The third kappa shape index (κ3) is 2.29. The minimum atomic E-state index is 0. The van der Waals surface area contributed by atoms with Crippen molar-refractivity contribution in [1.29, 1.82) is 0 Å². The van der Waals surface area contributed by atoms with E-state index in [-0.39, 0.29) is 12.4 Å². The minimum Gasteiger partial charge on any atom is -0.368 e. The largest absolute Gasteiger partial charge is 0.368 e. The van der Waals surface area contributed by atoms with Gasteiger partial charge in [0.2, 0.25) is 0 Å². The second-order valence-electron chi connectivity index (χ2n) is 4.52. The second-order valence-corrected chi connectivity index (χ2v) is 4.96. The van der Waals surface area contributed by atoms with E-state index in [1.807, 2.05) is 12.1 Å². The van der Waals surface area contributed by atoms with E-state index >= 15 is 0 Å². The molecule has 1 N–H and O–H groups in total. The van der Waals surface area contributed by atoms with Crippen LogP contribution in [0.3, 0.4) is 0 Å². The van der Waals surface area contributed by atoms with Gasteiger partial charge in [0.15, 0.2) is 0 Å². The molecule has 0 aromatic heterocycles. The summed E-state index contributed by atoms with van der Waals surface area (Å²) in [6, 6.07) is 9.57. The summed E-state index contributed by atoms with van der Waals surface area (Å²) >= 11 is 5.89. The van der Waals surface area contributed by atoms with Crippen LogP contribution in [0.4, 0.5) is 5.69 Å². The maximum Gasteiger partial charge on any atom is 0.0407 e. The molecule has 0 saturated carbocycles. The molecule has 4 heteroatoms. The van der Waals surface area contributed by atoms with Gasteiger partial charge in [-0.3, -0.25) is 0 Å². The molecule has 88 valence electrons. The maximum atomic E-state index is 5.89. The first-order chi connectivity index (χ1) is 7.31. The molecule has 0 spiro atoms. The van der Waals surface area contributed by atoms with Crippen LogP contribution in [0.5, 0.6) is 0 Å². The molecule has 2 heterocycles. The number of benzene rings is 1. The van der Waals surface area contributed by atoms with Crippen LogP contribution in [0.2, 0.25) is 5.02 Å². The maximum absolute atomic E-state index is 5.89. The molecule has 2 bridgehead atoms. The highest BCUT2D eigenvalue weighted by atomic mass is 35.5. The zero-order valence-electron chi connectivity index (χ0n) is 9.03. The van der Waals surface area contributed by atoms with Crippen LogP contribution in [0, 0.1) is 0 Å². The van der Waals surface area contributed by atoms with Crippen molar-refractivity contribution in [3.63, 3.8) is 0 Å². The molecule has 0 amide bonds. The Morgan fingerprint density at radius 1 is 1.06 bits per heavy atom. The highest BCUT2D eigenvalue weighted by Gasteiger charge is 2.31. The van der Waals surface area contributed by atoms with E-state index in [1.54, 1.807) is 0 Å². The molecule has 0 radical (unpaired) electrons. The van der Waals surface area contributed by atoms with Crippen LogP contribution in [0.1, 0.15) is 12.8 Å². The first-order valence-electron chi connectivity index (χ1n) is 5.58. The van der Waals surface area contributed by atoms with Gasteiger partial charge in [0.05, 0.1) is 0 Å². The summed E-state index contributed by atoms with van der Waals surface area (Å²) in [6.07, 6.45) is 2.66. The SMILES string of the molecule is Cl.Clc1ccc(N2CC3CCC(C2)N3)cc1. The molecule has 2 saturated heterocycles. The van der Waals surface area contributed by atoms with E-state index in [0.29, 0.717) is 12.1 Å². The topological polar surface area (TPSA) is 15.3 Å². The predicted molar refractivity (Wildman–Crippen MR) is 70.9 cm³/mol. The van der Waals surface area contributed by atoms with Crippen LogP contribution < -0.4 is 10.2 Å². The normalized spacial score (nSPS) is 27.7. The summed E-state index contributed by atoms with van der Waals surface area (Å²) in [5.41, 5.74) is 1.30. The fourth-order valence-corrected chi connectivity index (χ4v) is 2.79. The number of rotatable bonds is 1. The quantitative estimate of drug-likeness (QED) is 0.834. The molecular formula is C12H16Cl2N2. The lowest BCUT2D eigenvalue weighted by molar-refractivity contribution is 0.466. The fraction of sp³-hybridized carbons (Fsp3) is 0.500. The minimum absolute atomic E-state index is 0.